The molecule has 192 valence electrons. The predicted octanol–water partition coefficient (Wildman–Crippen LogP) is 2.69. The summed E-state index contributed by atoms with van der Waals surface area (Å²) in [5.41, 5.74) is 0. The zero-order chi connectivity index (χ0) is 24.1. The number of ether oxygens (including phenoxy) is 4. The second kappa shape index (κ2) is 49.8. The maximum atomic E-state index is 10.6. The molecule has 31 heavy (non-hydrogen) atoms. The molecule has 0 aliphatic heterocycles. The Labute approximate surface area is 265 Å². The molecular formula is C15H29I6O8S2-. The molecule has 0 saturated heterocycles. The van der Waals surface area contributed by atoms with Crippen LogP contribution in [-0.4, -0.2) is 69.6 Å². The Balaban J connectivity index is -0.0000000521. The second-order valence-electron chi connectivity index (χ2n) is 3.47. The van der Waals surface area contributed by atoms with Gasteiger partial charge >= 0.3 is 74.4 Å². The first-order chi connectivity index (χ1) is 13.7. The van der Waals surface area contributed by atoms with Gasteiger partial charge in [-0.25, -0.2) is 4.79 Å². The molecule has 16 heteroatoms. The second-order valence-corrected chi connectivity index (χ2v) is 21.1. The van der Waals surface area contributed by atoms with E-state index in [0.29, 0.717) is 25.4 Å². The van der Waals surface area contributed by atoms with Crippen LogP contribution in [0.4, 0.5) is 0 Å². The van der Waals surface area contributed by atoms with Crippen LogP contribution in [0.25, 0.3) is 0 Å². The van der Waals surface area contributed by atoms with Gasteiger partial charge in [-0.05, 0) is 0 Å². The van der Waals surface area contributed by atoms with Gasteiger partial charge in [-0.3, -0.25) is 14.4 Å². The molecule has 0 saturated carbocycles. The number of esters is 4. The van der Waals surface area contributed by atoms with Crippen molar-refractivity contribution < 1.29 is 51.4 Å². The first-order valence-electron chi connectivity index (χ1n) is 6.85. The Hall–Kier alpha value is 2.70. The van der Waals surface area contributed by atoms with Crippen molar-refractivity contribution in [3.63, 3.8) is 0 Å². The van der Waals surface area contributed by atoms with Gasteiger partial charge in [-0.15, -0.1) is 35.7 Å². The molecule has 0 amide bonds. The average molecular weight is 1160 g/mol. The average Bonchev–Trinajstić information content (AvgIpc) is 2.77. The van der Waals surface area contributed by atoms with Crippen LogP contribution in [0.2, 0.25) is 0 Å². The topological polar surface area (TPSA) is 105 Å². The fourth-order valence-corrected chi connectivity index (χ4v) is 1.49. The van der Waals surface area contributed by atoms with Crippen LogP contribution in [0, 0.1) is 0 Å². The number of rotatable bonds is 7. The summed E-state index contributed by atoms with van der Waals surface area (Å²) in [7, 11) is 5.32. The number of halogens is 6. The van der Waals surface area contributed by atoms with Crippen LogP contribution in [-0.2, 0) is 38.1 Å². The van der Waals surface area contributed by atoms with Crippen molar-refractivity contribution in [2.45, 2.75) is 13.8 Å². The van der Waals surface area contributed by atoms with E-state index in [-0.39, 0.29) is 60.8 Å². The minimum atomic E-state index is -0.394. The first-order valence-corrected chi connectivity index (χ1v) is 27.5. The molecule has 0 radical (unpaired) electrons. The van der Waals surface area contributed by atoms with E-state index >= 15 is 0 Å². The zero-order valence-electron chi connectivity index (χ0n) is 16.5. The van der Waals surface area contributed by atoms with Crippen LogP contribution in [0.15, 0.2) is 12.7 Å². The van der Waals surface area contributed by atoms with Gasteiger partial charge in [-0.1, -0.05) is 14.0 Å². The monoisotopic (exact) mass is 1160 g/mol. The van der Waals surface area contributed by atoms with Gasteiger partial charge in [0.1, 0.15) is 0 Å². The molecule has 0 aromatic heterocycles. The summed E-state index contributed by atoms with van der Waals surface area (Å²) < 4.78 is 17.1. The van der Waals surface area contributed by atoms with Crippen LogP contribution in [0.3, 0.4) is 0 Å². The van der Waals surface area contributed by atoms with Crippen molar-refractivity contribution in [3.8, 4) is 0 Å². The number of thioether (sulfide) groups is 1. The molecule has 0 aliphatic rings. The fraction of sp³-hybridized carbons (Fsp3) is 0.600. The Bertz CT molecular complexity index is 397. The molecule has 0 atom stereocenters. The molecular weight excluding hydrogens is 1130 g/mol. The van der Waals surface area contributed by atoms with Crippen molar-refractivity contribution in [1.29, 1.82) is 0 Å². The number of thiol groups is 1. The van der Waals surface area contributed by atoms with Gasteiger partial charge < -0.3 is 18.9 Å². The van der Waals surface area contributed by atoms with Gasteiger partial charge in [0.25, 0.3) is 0 Å². The third-order valence-corrected chi connectivity index (χ3v) is 3.04. The zero-order valence-corrected chi connectivity index (χ0v) is 31.4. The predicted molar refractivity (Wildman–Crippen MR) is 172 cm³/mol. The SMILES string of the molecule is C.C=CC(=O)OC.COC(=O)CCSCC(=O)OC.COC(=O)CS.I.II.I[I-]I. The standard InChI is InChI=1S/C7H12O4S.C4H6O2.C3H6O2S.CH4.I3.I2.HI/c1-10-6(8)3-4-12-5-7(9)11-2;1-3-4(5)6-2;1-5-3(4)2-6;;1-3-2;1-2;/h3-5H2,1-2H3;3H,1H2,2H3;6H,2H2,1H3;1H4;;;1H/q;;;;-1;;. The molecule has 0 fully saturated rings. The molecule has 0 bridgehead atoms. The number of carbonyl (C=O) groups is 4. The summed E-state index contributed by atoms with van der Waals surface area (Å²) in [5, 5.41) is 0. The third-order valence-electron chi connectivity index (χ3n) is 1.85. The number of hydrogen-bond donors (Lipinski definition) is 1. The number of methoxy groups -OCH3 is 4. The Morgan fingerprint density at radius 3 is 1.52 bits per heavy atom. The van der Waals surface area contributed by atoms with Gasteiger partial charge in [0.2, 0.25) is 0 Å². The van der Waals surface area contributed by atoms with E-state index < -0.39 is 5.97 Å². The quantitative estimate of drug-likeness (QED) is 0.103. The maximum absolute atomic E-state index is 10.6. The van der Waals surface area contributed by atoms with Crippen LogP contribution in [0.5, 0.6) is 0 Å². The summed E-state index contributed by atoms with van der Waals surface area (Å²) in [6.45, 7) is 3.16. The van der Waals surface area contributed by atoms with Crippen molar-refractivity contribution in [3.05, 3.63) is 12.7 Å². The molecule has 0 aliphatic carbocycles. The normalized spacial score (nSPS) is 7.26. The van der Waals surface area contributed by atoms with E-state index in [1.165, 1.54) is 40.2 Å². The van der Waals surface area contributed by atoms with E-state index in [1.54, 1.807) is 0 Å². The van der Waals surface area contributed by atoms with Gasteiger partial charge in [-0.2, -0.15) is 12.6 Å². The van der Waals surface area contributed by atoms with Crippen LogP contribution < -0.4 is 13.3 Å². The summed E-state index contributed by atoms with van der Waals surface area (Å²) >= 11 is 14.5. The van der Waals surface area contributed by atoms with Gasteiger partial charge in [0.15, 0.2) is 0 Å². The molecule has 0 heterocycles. The van der Waals surface area contributed by atoms with Crippen LogP contribution >= 0.6 is 123 Å². The molecule has 0 rings (SSSR count). The third kappa shape index (κ3) is 65.4. The molecule has 0 N–H and O–H groups in total. The van der Waals surface area contributed by atoms with E-state index in [9.17, 15) is 19.2 Å². The summed E-state index contributed by atoms with van der Waals surface area (Å²) in [5.74, 6) is -0.184. The van der Waals surface area contributed by atoms with Crippen molar-refractivity contribution in [2.24, 2.45) is 0 Å². The molecule has 0 spiro atoms. The van der Waals surface area contributed by atoms with E-state index in [1.807, 2.05) is 0 Å². The fourth-order valence-electron chi connectivity index (χ4n) is 0.620. The Morgan fingerprint density at radius 1 is 0.935 bits per heavy atom. The molecule has 0 unspecified atom stereocenters. The Kier molecular flexibility index (Phi) is 81.1. The van der Waals surface area contributed by atoms with E-state index in [2.05, 4.69) is 113 Å². The summed E-state index contributed by atoms with van der Waals surface area (Å²) in [6.07, 6.45) is 1.44. The Morgan fingerprint density at radius 2 is 1.32 bits per heavy atom. The van der Waals surface area contributed by atoms with Gasteiger partial charge in [0.05, 0.1) is 46.4 Å². The van der Waals surface area contributed by atoms with Crippen molar-refractivity contribution in [1.82, 2.24) is 0 Å². The summed E-state index contributed by atoms with van der Waals surface area (Å²) in [4.78, 5) is 40.9. The first kappa shape index (κ1) is 50.5. The van der Waals surface area contributed by atoms with E-state index in [4.69, 9.17) is 0 Å². The van der Waals surface area contributed by atoms with Crippen molar-refractivity contribution in [2.75, 3.05) is 45.7 Å². The van der Waals surface area contributed by atoms with Gasteiger partial charge in [0, 0.05) is 49.1 Å². The van der Waals surface area contributed by atoms with E-state index in [0.717, 1.165) is 6.08 Å². The number of carbonyl (C=O) groups excluding carboxylic acids is 4. The summed E-state index contributed by atoms with van der Waals surface area (Å²) in [6, 6.07) is 0. The molecule has 0 aromatic rings. The molecule has 0 aromatic carbocycles. The van der Waals surface area contributed by atoms with Crippen molar-refractivity contribution >= 4 is 147 Å². The minimum absolute atomic E-state index is 0. The number of hydrogen-bond acceptors (Lipinski definition) is 10. The molecule has 8 nitrogen and oxygen atoms in total. The van der Waals surface area contributed by atoms with Crippen LogP contribution in [0.1, 0.15) is 13.8 Å².